The smallest absolute Gasteiger partial charge is 0.274 e. The summed E-state index contributed by atoms with van der Waals surface area (Å²) >= 11 is 0. The van der Waals surface area contributed by atoms with Gasteiger partial charge in [-0.2, -0.15) is 0 Å². The lowest BCUT2D eigenvalue weighted by atomic mass is 9.89. The number of hydrogen-bond donors (Lipinski definition) is 4. The number of halogens is 1. The SMILES string of the molecule is COc1ccc(C(=O)Nc2ccc(F)c([C@]3(C)CS(=O)(=O)C4(CNC4)C(=N)N3)c2)nc1. The molecule has 2 aliphatic rings. The zero-order valence-corrected chi connectivity index (χ0v) is 17.8. The number of carbonyl (C=O) groups is 1. The Labute approximate surface area is 178 Å². The van der Waals surface area contributed by atoms with E-state index >= 15 is 0 Å². The van der Waals surface area contributed by atoms with Crippen LogP contribution in [0.2, 0.25) is 0 Å². The summed E-state index contributed by atoms with van der Waals surface area (Å²) in [6, 6.07) is 6.99. The molecule has 3 heterocycles. The zero-order chi connectivity index (χ0) is 22.4. The van der Waals surface area contributed by atoms with Crippen molar-refractivity contribution in [1.82, 2.24) is 15.6 Å². The van der Waals surface area contributed by atoms with Gasteiger partial charge in [0.25, 0.3) is 5.91 Å². The number of ether oxygens (including phenoxy) is 1. The maximum absolute atomic E-state index is 14.8. The Morgan fingerprint density at radius 3 is 2.58 bits per heavy atom. The van der Waals surface area contributed by atoms with Gasteiger partial charge in [0, 0.05) is 24.3 Å². The second-order valence-electron chi connectivity index (χ2n) is 7.92. The fraction of sp³-hybridized carbons (Fsp3) is 0.350. The minimum Gasteiger partial charge on any atom is -0.495 e. The van der Waals surface area contributed by atoms with Gasteiger partial charge in [-0.05, 0) is 37.3 Å². The molecule has 2 saturated heterocycles. The van der Waals surface area contributed by atoms with Crippen molar-refractivity contribution in [2.75, 3.05) is 31.3 Å². The maximum atomic E-state index is 14.8. The summed E-state index contributed by atoms with van der Waals surface area (Å²) in [5.41, 5.74) is -0.905. The fourth-order valence-corrected chi connectivity index (χ4v) is 6.12. The normalized spacial score (nSPS) is 23.5. The third-order valence-corrected chi connectivity index (χ3v) is 8.42. The predicted octanol–water partition coefficient (Wildman–Crippen LogP) is 1.03. The second kappa shape index (κ2) is 7.27. The van der Waals surface area contributed by atoms with E-state index in [0.717, 1.165) is 6.07 Å². The van der Waals surface area contributed by atoms with E-state index in [9.17, 15) is 17.6 Å². The van der Waals surface area contributed by atoms with Crippen molar-refractivity contribution in [3.05, 3.63) is 53.6 Å². The summed E-state index contributed by atoms with van der Waals surface area (Å²) in [4.78, 5) is 16.5. The molecule has 1 aromatic carbocycles. The van der Waals surface area contributed by atoms with Crippen molar-refractivity contribution in [1.29, 1.82) is 5.41 Å². The molecular weight excluding hydrogens is 425 g/mol. The van der Waals surface area contributed by atoms with Crippen LogP contribution in [0.25, 0.3) is 0 Å². The molecule has 11 heteroatoms. The van der Waals surface area contributed by atoms with Gasteiger partial charge in [-0.25, -0.2) is 17.8 Å². The van der Waals surface area contributed by atoms with E-state index in [1.54, 1.807) is 6.07 Å². The van der Waals surface area contributed by atoms with Crippen molar-refractivity contribution in [2.45, 2.75) is 17.2 Å². The largest absolute Gasteiger partial charge is 0.495 e. The molecule has 1 atom stereocenters. The fourth-order valence-electron chi connectivity index (χ4n) is 3.85. The van der Waals surface area contributed by atoms with Crippen LogP contribution in [0.1, 0.15) is 23.0 Å². The zero-order valence-electron chi connectivity index (χ0n) is 17.0. The molecule has 0 unspecified atom stereocenters. The third-order valence-electron chi connectivity index (χ3n) is 5.78. The number of benzene rings is 1. The molecule has 0 bridgehead atoms. The molecular formula is C20H22FN5O4S. The lowest BCUT2D eigenvalue weighted by molar-refractivity contribution is 0.102. The standard InChI is InChI=1S/C20H22FN5O4S/c1-19(11-31(28,29)20(9-23-10-20)18(22)26-19)14-7-12(3-5-15(14)21)25-17(27)16-6-4-13(30-2)8-24-16/h3-8,23H,9-11H2,1-2H3,(H2,22,26)(H,25,27)/t19-/m0/s1. The van der Waals surface area contributed by atoms with E-state index in [1.165, 1.54) is 38.4 Å². The predicted molar refractivity (Wildman–Crippen MR) is 113 cm³/mol. The first-order chi connectivity index (χ1) is 14.6. The van der Waals surface area contributed by atoms with E-state index < -0.39 is 31.8 Å². The Balaban J connectivity index is 1.62. The summed E-state index contributed by atoms with van der Waals surface area (Å²) in [5, 5.41) is 16.7. The number of nitrogens with one attached hydrogen (secondary N) is 4. The van der Waals surface area contributed by atoms with Gasteiger partial charge in [-0.3, -0.25) is 10.2 Å². The summed E-state index contributed by atoms with van der Waals surface area (Å²) in [7, 11) is -2.23. The number of rotatable bonds is 4. The minimum atomic E-state index is -3.72. The average molecular weight is 447 g/mol. The number of amidine groups is 1. The molecule has 4 N–H and O–H groups in total. The number of hydrogen-bond acceptors (Lipinski definition) is 7. The Hall–Kier alpha value is -3.05. The van der Waals surface area contributed by atoms with Crippen LogP contribution in [-0.2, 0) is 15.4 Å². The van der Waals surface area contributed by atoms with Gasteiger partial charge in [0.1, 0.15) is 23.1 Å². The van der Waals surface area contributed by atoms with E-state index in [1.807, 2.05) is 0 Å². The Morgan fingerprint density at radius 1 is 1.29 bits per heavy atom. The number of methoxy groups -OCH3 is 1. The number of amides is 1. The van der Waals surface area contributed by atoms with Crippen LogP contribution in [0.3, 0.4) is 0 Å². The first-order valence-corrected chi connectivity index (χ1v) is 11.2. The van der Waals surface area contributed by atoms with Crippen molar-refractivity contribution < 1.29 is 22.3 Å². The van der Waals surface area contributed by atoms with Crippen LogP contribution in [0, 0.1) is 11.2 Å². The van der Waals surface area contributed by atoms with E-state index in [2.05, 4.69) is 20.9 Å². The number of aromatic nitrogens is 1. The molecule has 164 valence electrons. The van der Waals surface area contributed by atoms with E-state index in [4.69, 9.17) is 10.1 Å². The molecule has 0 aliphatic carbocycles. The van der Waals surface area contributed by atoms with Crippen molar-refractivity contribution in [3.63, 3.8) is 0 Å². The highest BCUT2D eigenvalue weighted by Crippen LogP contribution is 2.38. The molecule has 1 spiro atoms. The quantitative estimate of drug-likeness (QED) is 0.550. The first kappa shape index (κ1) is 21.2. The maximum Gasteiger partial charge on any atom is 0.274 e. The van der Waals surface area contributed by atoms with Crippen molar-refractivity contribution in [3.8, 4) is 5.75 Å². The highest BCUT2D eigenvalue weighted by Gasteiger charge is 2.59. The van der Waals surface area contributed by atoms with E-state index in [0.29, 0.717) is 5.75 Å². The van der Waals surface area contributed by atoms with Crippen LogP contribution in [0.5, 0.6) is 5.75 Å². The number of sulfone groups is 1. The first-order valence-electron chi connectivity index (χ1n) is 9.52. The monoisotopic (exact) mass is 447 g/mol. The molecule has 9 nitrogen and oxygen atoms in total. The lowest BCUT2D eigenvalue weighted by Crippen LogP contribution is -2.77. The van der Waals surface area contributed by atoms with Gasteiger partial charge < -0.3 is 20.7 Å². The molecule has 1 amide bonds. The van der Waals surface area contributed by atoms with Gasteiger partial charge in [-0.15, -0.1) is 0 Å². The average Bonchev–Trinajstić information content (AvgIpc) is 2.67. The number of pyridine rings is 1. The van der Waals surface area contributed by atoms with Gasteiger partial charge >= 0.3 is 0 Å². The third kappa shape index (κ3) is 3.43. The highest BCUT2D eigenvalue weighted by molar-refractivity contribution is 7.93. The summed E-state index contributed by atoms with van der Waals surface area (Å²) in [6.07, 6.45) is 1.40. The van der Waals surface area contributed by atoms with Crippen LogP contribution in [0.4, 0.5) is 10.1 Å². The molecule has 0 saturated carbocycles. The minimum absolute atomic E-state index is 0.0449. The molecule has 31 heavy (non-hydrogen) atoms. The van der Waals surface area contributed by atoms with E-state index in [-0.39, 0.29) is 41.6 Å². The summed E-state index contributed by atoms with van der Waals surface area (Å²) in [5.74, 6) is -1.18. The molecule has 1 aromatic heterocycles. The number of carbonyl (C=O) groups excluding carboxylic acids is 1. The Kier molecular flexibility index (Phi) is 4.97. The van der Waals surface area contributed by atoms with Gasteiger partial charge in [-0.1, -0.05) is 0 Å². The van der Waals surface area contributed by atoms with Gasteiger partial charge in [0.2, 0.25) is 0 Å². The van der Waals surface area contributed by atoms with Crippen LogP contribution in [0.15, 0.2) is 36.5 Å². The topological polar surface area (TPSA) is 133 Å². The number of nitrogens with zero attached hydrogens (tertiary/aromatic N) is 1. The summed E-state index contributed by atoms with van der Waals surface area (Å²) < 4.78 is 44.4. The van der Waals surface area contributed by atoms with Crippen molar-refractivity contribution in [2.24, 2.45) is 0 Å². The molecule has 2 aromatic rings. The second-order valence-corrected chi connectivity index (χ2v) is 10.2. The van der Waals surface area contributed by atoms with Crippen LogP contribution < -0.4 is 20.7 Å². The molecule has 2 fully saturated rings. The van der Waals surface area contributed by atoms with Crippen molar-refractivity contribution >= 4 is 27.3 Å². The number of anilines is 1. The van der Waals surface area contributed by atoms with Gasteiger partial charge in [0.15, 0.2) is 14.6 Å². The molecule has 2 aliphatic heterocycles. The van der Waals surface area contributed by atoms with Crippen LogP contribution in [-0.4, -0.2) is 55.8 Å². The molecule has 4 rings (SSSR count). The van der Waals surface area contributed by atoms with Gasteiger partial charge in [0.05, 0.1) is 24.6 Å². The Bertz CT molecular complexity index is 1160. The summed E-state index contributed by atoms with van der Waals surface area (Å²) in [6.45, 7) is 1.85. The lowest BCUT2D eigenvalue weighted by Gasteiger charge is -2.50. The molecule has 0 radical (unpaired) electrons. The van der Waals surface area contributed by atoms with Crippen LogP contribution >= 0.6 is 0 Å². The Morgan fingerprint density at radius 2 is 2.03 bits per heavy atom. The highest BCUT2D eigenvalue weighted by atomic mass is 32.2.